The first-order chi connectivity index (χ1) is 18.5. The van der Waals surface area contributed by atoms with E-state index in [9.17, 15) is 45.3 Å². The van der Waals surface area contributed by atoms with Gasteiger partial charge in [-0.15, -0.1) is 0 Å². The Morgan fingerprint density at radius 2 is 1.49 bits per heavy atom. The molecule has 0 saturated carbocycles. The smallest absolute Gasteiger partial charge is 0.229 e. The van der Waals surface area contributed by atoms with Gasteiger partial charge in [-0.05, 0) is 13.0 Å². The fourth-order valence-corrected chi connectivity index (χ4v) is 4.83. The molecule has 0 amide bonds. The average molecular weight is 548 g/mol. The number of carbonyl (C=O) groups excluding carboxylic acids is 2. The molecule has 2 fully saturated rings. The lowest BCUT2D eigenvalue weighted by Crippen LogP contribution is -2.61. The van der Waals surface area contributed by atoms with Crippen molar-refractivity contribution in [2.24, 2.45) is 0 Å². The van der Waals surface area contributed by atoms with E-state index < -0.39 is 79.2 Å². The highest BCUT2D eigenvalue weighted by atomic mass is 16.7. The van der Waals surface area contributed by atoms with Crippen LogP contribution in [0, 0.1) is 6.92 Å². The number of benzene rings is 2. The first-order valence-electron chi connectivity index (χ1n) is 12.2. The zero-order chi connectivity index (χ0) is 28.2. The maximum Gasteiger partial charge on any atom is 0.229 e. The van der Waals surface area contributed by atoms with Gasteiger partial charge in [0.25, 0.3) is 0 Å². The molecule has 0 aromatic heterocycles. The van der Waals surface area contributed by atoms with E-state index in [1.165, 1.54) is 25.1 Å². The van der Waals surface area contributed by atoms with Gasteiger partial charge < -0.3 is 54.7 Å². The summed E-state index contributed by atoms with van der Waals surface area (Å²) in [6.07, 6.45) is -14.0. The molecular weight excluding hydrogens is 520 g/mol. The molecule has 0 radical (unpaired) electrons. The van der Waals surface area contributed by atoms with Crippen LogP contribution in [0.4, 0.5) is 0 Å². The third-order valence-corrected chi connectivity index (χ3v) is 7.19. The Hall–Kier alpha value is -2.98. The first kappa shape index (κ1) is 27.6. The predicted octanol–water partition coefficient (Wildman–Crippen LogP) is -1.88. The number of aromatic hydroxyl groups is 1. The Labute approximate surface area is 221 Å². The average Bonchev–Trinajstić information content (AvgIpc) is 2.93. The van der Waals surface area contributed by atoms with Gasteiger partial charge in [0.15, 0.2) is 17.9 Å². The number of fused-ring (bicyclic) bond motifs is 2. The fraction of sp³-hybridized carbons (Fsp3) is 0.462. The Morgan fingerprint density at radius 1 is 0.846 bits per heavy atom. The Balaban J connectivity index is 1.37. The van der Waals surface area contributed by atoms with Gasteiger partial charge in [-0.1, -0.05) is 24.3 Å². The highest BCUT2D eigenvalue weighted by Crippen LogP contribution is 2.40. The molecule has 3 aliphatic rings. The predicted molar refractivity (Wildman–Crippen MR) is 127 cm³/mol. The fourth-order valence-electron chi connectivity index (χ4n) is 4.83. The number of aliphatic hydroxyl groups is 6. The van der Waals surface area contributed by atoms with Crippen molar-refractivity contribution < 1.29 is 64.3 Å². The molecule has 9 atom stereocenters. The summed E-state index contributed by atoms with van der Waals surface area (Å²) in [5.41, 5.74) is 0.0577. The van der Waals surface area contributed by atoms with E-state index in [1.807, 2.05) is 0 Å². The summed E-state index contributed by atoms with van der Waals surface area (Å²) in [5.74, 6) is -1.68. The van der Waals surface area contributed by atoms with Crippen LogP contribution in [0.5, 0.6) is 11.5 Å². The van der Waals surface area contributed by atoms with Gasteiger partial charge in [0.05, 0.1) is 18.8 Å². The van der Waals surface area contributed by atoms with Gasteiger partial charge in [-0.3, -0.25) is 9.59 Å². The van der Waals surface area contributed by atoms with Gasteiger partial charge in [0, 0.05) is 22.3 Å². The molecule has 0 unspecified atom stereocenters. The van der Waals surface area contributed by atoms with Crippen LogP contribution in [0.3, 0.4) is 0 Å². The standard InChI is InChI=1S/C26H28O13/c1-9-14(6-12-16(17(9)28)19(30)11-5-3-2-4-10(11)18(12)29)38-26-24(35)22(33)21(32)15(39-26)8-37-25-23(34)20(31)13(27)7-36-25/h2-6,13,15,20-28,31-35H,7-8H2,1H3/t13-,15+,20+,21+,22-,23-,24+,25+,26+/m1/s1. The summed E-state index contributed by atoms with van der Waals surface area (Å²) in [6.45, 7) is 0.607. The number of rotatable bonds is 5. The van der Waals surface area contributed by atoms with Crippen LogP contribution in [0.1, 0.15) is 37.4 Å². The van der Waals surface area contributed by atoms with Crippen LogP contribution in [0.15, 0.2) is 30.3 Å². The summed E-state index contributed by atoms with van der Waals surface area (Å²) in [4.78, 5) is 26.1. The SMILES string of the molecule is Cc1c(O[C@H]2O[C@@H](CO[C@@H]3OC[C@@H](O)[C@H](O)[C@H]3O)[C@H](O)[C@@H](O)[C@@H]2O)cc2c(c1O)C(=O)c1ccccc1C2=O. The second-order valence-corrected chi connectivity index (χ2v) is 9.69. The van der Waals surface area contributed by atoms with Crippen LogP contribution in [-0.4, -0.2) is 116 Å². The molecular formula is C26H28O13. The lowest BCUT2D eigenvalue weighted by atomic mass is 9.82. The van der Waals surface area contributed by atoms with Crippen molar-refractivity contribution in [1.29, 1.82) is 0 Å². The van der Waals surface area contributed by atoms with Crippen LogP contribution < -0.4 is 4.74 Å². The van der Waals surface area contributed by atoms with E-state index in [0.717, 1.165) is 0 Å². The van der Waals surface area contributed by atoms with E-state index in [2.05, 4.69) is 0 Å². The van der Waals surface area contributed by atoms with Gasteiger partial charge in [0.1, 0.15) is 54.2 Å². The number of hydrogen-bond acceptors (Lipinski definition) is 13. The molecule has 7 N–H and O–H groups in total. The second-order valence-electron chi connectivity index (χ2n) is 9.69. The Kier molecular flexibility index (Phi) is 7.45. The van der Waals surface area contributed by atoms with Crippen molar-refractivity contribution in [1.82, 2.24) is 0 Å². The van der Waals surface area contributed by atoms with Gasteiger partial charge in [-0.25, -0.2) is 0 Å². The Morgan fingerprint density at radius 3 is 2.18 bits per heavy atom. The molecule has 13 nitrogen and oxygen atoms in total. The molecule has 0 bridgehead atoms. The van der Waals surface area contributed by atoms with Gasteiger partial charge >= 0.3 is 0 Å². The van der Waals surface area contributed by atoms with Crippen LogP contribution in [-0.2, 0) is 14.2 Å². The van der Waals surface area contributed by atoms with E-state index in [-0.39, 0.29) is 40.2 Å². The van der Waals surface area contributed by atoms with Crippen LogP contribution in [0.2, 0.25) is 0 Å². The van der Waals surface area contributed by atoms with E-state index in [1.54, 1.807) is 12.1 Å². The maximum atomic E-state index is 13.1. The number of aliphatic hydroxyl groups excluding tert-OH is 6. The molecule has 2 saturated heterocycles. The summed E-state index contributed by atoms with van der Waals surface area (Å²) in [7, 11) is 0. The maximum absolute atomic E-state index is 13.1. The third-order valence-electron chi connectivity index (χ3n) is 7.19. The second kappa shape index (κ2) is 10.5. The van der Waals surface area contributed by atoms with Gasteiger partial charge in [-0.2, -0.15) is 0 Å². The highest BCUT2D eigenvalue weighted by molar-refractivity contribution is 6.29. The largest absolute Gasteiger partial charge is 0.507 e. The minimum atomic E-state index is -1.78. The molecule has 5 rings (SSSR count). The molecule has 13 heteroatoms. The third kappa shape index (κ3) is 4.71. The lowest BCUT2D eigenvalue weighted by molar-refractivity contribution is -0.307. The molecule has 2 heterocycles. The molecule has 2 aromatic rings. The van der Waals surface area contributed by atoms with Crippen molar-refractivity contribution >= 4 is 11.6 Å². The van der Waals surface area contributed by atoms with E-state index >= 15 is 0 Å². The van der Waals surface area contributed by atoms with Crippen LogP contribution >= 0.6 is 0 Å². The number of phenols is 1. The Bertz CT molecular complexity index is 1280. The van der Waals surface area contributed by atoms with Crippen molar-refractivity contribution in [3.63, 3.8) is 0 Å². The normalized spacial score (nSPS) is 34.4. The zero-order valence-electron chi connectivity index (χ0n) is 20.6. The number of phenolic OH excluding ortho intramolecular Hbond substituents is 1. The molecule has 2 aliphatic heterocycles. The molecule has 39 heavy (non-hydrogen) atoms. The summed E-state index contributed by atoms with van der Waals surface area (Å²) >= 11 is 0. The van der Waals surface area contributed by atoms with Crippen molar-refractivity contribution in [2.45, 2.75) is 62.2 Å². The topological polar surface area (TPSA) is 213 Å². The number of hydrogen-bond donors (Lipinski definition) is 7. The summed E-state index contributed by atoms with van der Waals surface area (Å²) in [6, 6.07) is 7.41. The van der Waals surface area contributed by atoms with Crippen molar-refractivity contribution in [3.05, 3.63) is 58.1 Å². The van der Waals surface area contributed by atoms with Crippen molar-refractivity contribution in [3.8, 4) is 11.5 Å². The number of ether oxygens (including phenoxy) is 4. The minimum absolute atomic E-state index is 0.0600. The lowest BCUT2D eigenvalue weighted by Gasteiger charge is -2.41. The minimum Gasteiger partial charge on any atom is -0.507 e. The summed E-state index contributed by atoms with van der Waals surface area (Å²) in [5, 5.41) is 71.6. The molecule has 2 aromatic carbocycles. The monoisotopic (exact) mass is 548 g/mol. The summed E-state index contributed by atoms with van der Waals surface area (Å²) < 4.78 is 21.9. The van der Waals surface area contributed by atoms with Gasteiger partial charge in [0.2, 0.25) is 6.29 Å². The molecule has 1 aliphatic carbocycles. The first-order valence-corrected chi connectivity index (χ1v) is 12.2. The zero-order valence-corrected chi connectivity index (χ0v) is 20.6. The molecule has 0 spiro atoms. The highest BCUT2D eigenvalue weighted by Gasteiger charge is 2.47. The number of carbonyl (C=O) groups is 2. The quantitative estimate of drug-likeness (QED) is 0.186. The van der Waals surface area contributed by atoms with E-state index in [0.29, 0.717) is 0 Å². The number of ketones is 2. The van der Waals surface area contributed by atoms with E-state index in [4.69, 9.17) is 18.9 Å². The molecule has 210 valence electrons. The van der Waals surface area contributed by atoms with Crippen LogP contribution in [0.25, 0.3) is 0 Å². The van der Waals surface area contributed by atoms with Crippen molar-refractivity contribution in [2.75, 3.05) is 13.2 Å².